The van der Waals surface area contributed by atoms with Gasteiger partial charge in [0.15, 0.2) is 0 Å². The molecule has 7 heteroatoms. The molecule has 3 heterocycles. The standard InChI is InChI=1S/C22H24N6O/c1-16-7-3-4-8-18(16)25-22-24-17(2)15-19(26-22)21(29)28-13-11-27(12-14-28)20-9-5-6-10-23-20/h3-10,15H,11-14H2,1-2H3,(H,24,25,26). The van der Waals surface area contributed by atoms with Gasteiger partial charge >= 0.3 is 0 Å². The van der Waals surface area contributed by atoms with Gasteiger partial charge in [0.25, 0.3) is 5.91 Å². The predicted molar refractivity (Wildman–Crippen MR) is 114 cm³/mol. The molecule has 1 saturated heterocycles. The molecule has 3 aromatic rings. The van der Waals surface area contributed by atoms with E-state index in [1.165, 1.54) is 0 Å². The number of anilines is 3. The number of benzene rings is 1. The monoisotopic (exact) mass is 388 g/mol. The van der Waals surface area contributed by atoms with Crippen LogP contribution in [0.1, 0.15) is 21.7 Å². The molecule has 2 aromatic heterocycles. The summed E-state index contributed by atoms with van der Waals surface area (Å²) in [6.45, 7) is 6.67. The highest BCUT2D eigenvalue weighted by Crippen LogP contribution is 2.19. The molecule has 1 amide bonds. The SMILES string of the molecule is Cc1cc(C(=O)N2CCN(c3ccccn3)CC2)nc(Nc2ccccc2C)n1. The summed E-state index contributed by atoms with van der Waals surface area (Å²) >= 11 is 0. The second-order valence-corrected chi connectivity index (χ2v) is 7.13. The molecular weight excluding hydrogens is 364 g/mol. The van der Waals surface area contributed by atoms with E-state index in [9.17, 15) is 4.79 Å². The van der Waals surface area contributed by atoms with E-state index in [1.807, 2.05) is 61.2 Å². The third-order valence-corrected chi connectivity index (χ3v) is 5.01. The molecule has 7 nitrogen and oxygen atoms in total. The van der Waals surface area contributed by atoms with Gasteiger partial charge in [-0.25, -0.2) is 15.0 Å². The second kappa shape index (κ2) is 8.26. The number of carbonyl (C=O) groups excluding carboxylic acids is 1. The van der Waals surface area contributed by atoms with E-state index in [0.29, 0.717) is 24.7 Å². The van der Waals surface area contributed by atoms with E-state index >= 15 is 0 Å². The van der Waals surface area contributed by atoms with Gasteiger partial charge in [0.1, 0.15) is 11.5 Å². The molecule has 1 fully saturated rings. The van der Waals surface area contributed by atoms with Crippen LogP contribution < -0.4 is 10.2 Å². The fraction of sp³-hybridized carbons (Fsp3) is 0.273. The molecule has 0 bridgehead atoms. The minimum Gasteiger partial charge on any atom is -0.353 e. The van der Waals surface area contributed by atoms with E-state index in [2.05, 4.69) is 25.2 Å². The predicted octanol–water partition coefficient (Wildman–Crippen LogP) is 3.19. The van der Waals surface area contributed by atoms with Crippen LogP contribution in [0.15, 0.2) is 54.7 Å². The van der Waals surface area contributed by atoms with Gasteiger partial charge in [0, 0.05) is 43.8 Å². The summed E-state index contributed by atoms with van der Waals surface area (Å²) in [5, 5.41) is 3.23. The Morgan fingerprint density at radius 2 is 1.72 bits per heavy atom. The van der Waals surface area contributed by atoms with Gasteiger partial charge in [-0.1, -0.05) is 24.3 Å². The van der Waals surface area contributed by atoms with Crippen LogP contribution in [-0.4, -0.2) is 51.9 Å². The van der Waals surface area contributed by atoms with Gasteiger partial charge in [0.2, 0.25) is 5.95 Å². The van der Waals surface area contributed by atoms with Gasteiger partial charge in [-0.3, -0.25) is 4.79 Å². The third kappa shape index (κ3) is 4.34. The highest BCUT2D eigenvalue weighted by molar-refractivity contribution is 5.93. The van der Waals surface area contributed by atoms with Gasteiger partial charge in [0.05, 0.1) is 0 Å². The van der Waals surface area contributed by atoms with E-state index in [1.54, 1.807) is 12.3 Å². The lowest BCUT2D eigenvalue weighted by molar-refractivity contribution is 0.0740. The lowest BCUT2D eigenvalue weighted by atomic mass is 10.2. The molecule has 1 aliphatic heterocycles. The Bertz CT molecular complexity index is 999. The largest absolute Gasteiger partial charge is 0.353 e. The first kappa shape index (κ1) is 18.9. The summed E-state index contributed by atoms with van der Waals surface area (Å²) in [4.78, 5) is 30.4. The van der Waals surface area contributed by atoms with Crippen LogP contribution in [0, 0.1) is 13.8 Å². The number of piperazine rings is 1. The smallest absolute Gasteiger partial charge is 0.272 e. The summed E-state index contributed by atoms with van der Waals surface area (Å²) in [5.74, 6) is 1.32. The molecule has 148 valence electrons. The molecule has 0 unspecified atom stereocenters. The molecule has 0 spiro atoms. The number of aromatic nitrogens is 3. The molecule has 1 aliphatic rings. The summed E-state index contributed by atoms with van der Waals surface area (Å²) in [6.07, 6.45) is 1.79. The molecule has 29 heavy (non-hydrogen) atoms. The number of hydrogen-bond donors (Lipinski definition) is 1. The summed E-state index contributed by atoms with van der Waals surface area (Å²) in [6, 6.07) is 15.6. The maximum absolute atomic E-state index is 13.0. The maximum Gasteiger partial charge on any atom is 0.272 e. The van der Waals surface area contributed by atoms with Crippen molar-refractivity contribution in [3.8, 4) is 0 Å². The molecular formula is C22H24N6O. The maximum atomic E-state index is 13.0. The highest BCUT2D eigenvalue weighted by atomic mass is 16.2. The second-order valence-electron chi connectivity index (χ2n) is 7.13. The number of pyridine rings is 1. The van der Waals surface area contributed by atoms with Crippen molar-refractivity contribution >= 4 is 23.4 Å². The average molecular weight is 388 g/mol. The van der Waals surface area contributed by atoms with E-state index in [4.69, 9.17) is 0 Å². The van der Waals surface area contributed by atoms with Gasteiger partial charge in [-0.15, -0.1) is 0 Å². The Balaban J connectivity index is 1.46. The lowest BCUT2D eigenvalue weighted by Gasteiger charge is -2.35. The Morgan fingerprint density at radius 1 is 0.966 bits per heavy atom. The minimum atomic E-state index is -0.0657. The van der Waals surface area contributed by atoms with Crippen LogP contribution in [0.4, 0.5) is 17.5 Å². The molecule has 0 aliphatic carbocycles. The van der Waals surface area contributed by atoms with Crippen molar-refractivity contribution in [2.45, 2.75) is 13.8 Å². The molecule has 4 rings (SSSR count). The van der Waals surface area contributed by atoms with Gasteiger partial charge in [-0.05, 0) is 43.7 Å². The van der Waals surface area contributed by atoms with Crippen molar-refractivity contribution in [3.05, 3.63) is 71.7 Å². The van der Waals surface area contributed by atoms with Crippen molar-refractivity contribution in [2.75, 3.05) is 36.4 Å². The number of hydrogen-bond acceptors (Lipinski definition) is 6. The topological polar surface area (TPSA) is 74.2 Å². The van der Waals surface area contributed by atoms with Crippen molar-refractivity contribution in [3.63, 3.8) is 0 Å². The fourth-order valence-electron chi connectivity index (χ4n) is 3.41. The van der Waals surface area contributed by atoms with Gasteiger partial charge in [-0.2, -0.15) is 0 Å². The first-order valence-electron chi connectivity index (χ1n) is 9.74. The van der Waals surface area contributed by atoms with Crippen LogP contribution in [0.25, 0.3) is 0 Å². The molecule has 0 radical (unpaired) electrons. The van der Waals surface area contributed by atoms with Crippen molar-refractivity contribution < 1.29 is 4.79 Å². The zero-order chi connectivity index (χ0) is 20.2. The Hall–Kier alpha value is -3.48. The zero-order valence-corrected chi connectivity index (χ0v) is 16.7. The highest BCUT2D eigenvalue weighted by Gasteiger charge is 2.24. The first-order chi connectivity index (χ1) is 14.1. The number of aryl methyl sites for hydroxylation is 2. The van der Waals surface area contributed by atoms with Crippen LogP contribution in [-0.2, 0) is 0 Å². The molecule has 1 aromatic carbocycles. The van der Waals surface area contributed by atoms with Gasteiger partial charge < -0.3 is 15.1 Å². The Kier molecular flexibility index (Phi) is 5.37. The summed E-state index contributed by atoms with van der Waals surface area (Å²) < 4.78 is 0. The molecule has 1 N–H and O–H groups in total. The number of rotatable bonds is 4. The Labute approximate surface area is 170 Å². The summed E-state index contributed by atoms with van der Waals surface area (Å²) in [7, 11) is 0. The number of para-hydroxylation sites is 1. The van der Waals surface area contributed by atoms with Crippen LogP contribution in [0.3, 0.4) is 0 Å². The quantitative estimate of drug-likeness (QED) is 0.740. The third-order valence-electron chi connectivity index (χ3n) is 5.01. The van der Waals surface area contributed by atoms with E-state index in [-0.39, 0.29) is 5.91 Å². The minimum absolute atomic E-state index is 0.0657. The first-order valence-corrected chi connectivity index (χ1v) is 9.74. The van der Waals surface area contributed by atoms with E-state index < -0.39 is 0 Å². The number of nitrogens with zero attached hydrogens (tertiary/aromatic N) is 5. The van der Waals surface area contributed by atoms with Crippen molar-refractivity contribution in [1.29, 1.82) is 0 Å². The van der Waals surface area contributed by atoms with Crippen LogP contribution in [0.5, 0.6) is 0 Å². The number of amides is 1. The normalized spacial score (nSPS) is 14.0. The van der Waals surface area contributed by atoms with Crippen molar-refractivity contribution in [2.24, 2.45) is 0 Å². The molecule has 0 atom stereocenters. The average Bonchev–Trinajstić information content (AvgIpc) is 2.75. The molecule has 0 saturated carbocycles. The number of nitrogens with one attached hydrogen (secondary N) is 1. The van der Waals surface area contributed by atoms with Crippen LogP contribution >= 0.6 is 0 Å². The van der Waals surface area contributed by atoms with Crippen molar-refractivity contribution in [1.82, 2.24) is 19.9 Å². The zero-order valence-electron chi connectivity index (χ0n) is 16.7. The fourth-order valence-corrected chi connectivity index (χ4v) is 3.41. The summed E-state index contributed by atoms with van der Waals surface area (Å²) in [5.41, 5.74) is 3.20. The van der Waals surface area contributed by atoms with Crippen LogP contribution in [0.2, 0.25) is 0 Å². The Morgan fingerprint density at radius 3 is 2.45 bits per heavy atom. The lowest BCUT2D eigenvalue weighted by Crippen LogP contribution is -2.49. The number of carbonyl (C=O) groups is 1. The van der Waals surface area contributed by atoms with E-state index in [0.717, 1.165) is 35.9 Å².